The van der Waals surface area contributed by atoms with Crippen LogP contribution in [0.15, 0.2) is 48.2 Å². The van der Waals surface area contributed by atoms with Crippen LogP contribution in [0.5, 0.6) is 5.75 Å². The molecule has 2 aromatic rings. The summed E-state index contributed by atoms with van der Waals surface area (Å²) in [5, 5.41) is 23.0. The van der Waals surface area contributed by atoms with Crippen molar-refractivity contribution in [3.05, 3.63) is 48.2 Å². The Hall–Kier alpha value is -2.86. The Bertz CT molecular complexity index is 798. The molecular formula is C16H14N2O4. The van der Waals surface area contributed by atoms with Crippen molar-refractivity contribution in [2.75, 3.05) is 18.5 Å². The number of nitrogens with one attached hydrogen (secondary N) is 1. The summed E-state index contributed by atoms with van der Waals surface area (Å²) in [7, 11) is 0. The van der Waals surface area contributed by atoms with Crippen LogP contribution >= 0.6 is 0 Å². The van der Waals surface area contributed by atoms with Crippen LogP contribution in [0.3, 0.4) is 0 Å². The second-order valence-electron chi connectivity index (χ2n) is 4.91. The van der Waals surface area contributed by atoms with E-state index >= 15 is 0 Å². The first-order valence-corrected chi connectivity index (χ1v) is 6.77. The summed E-state index contributed by atoms with van der Waals surface area (Å²) in [4.78, 5) is 24.8. The van der Waals surface area contributed by atoms with Crippen LogP contribution in [-0.4, -0.2) is 40.1 Å². The molecule has 6 nitrogen and oxygen atoms in total. The van der Waals surface area contributed by atoms with E-state index in [1.807, 2.05) is 6.07 Å². The lowest BCUT2D eigenvalue weighted by Gasteiger charge is -2.14. The fourth-order valence-corrected chi connectivity index (χ4v) is 2.44. The predicted octanol–water partition coefficient (Wildman–Crippen LogP) is 1.20. The lowest BCUT2D eigenvalue weighted by molar-refractivity contribution is -0.137. The van der Waals surface area contributed by atoms with Gasteiger partial charge in [0.15, 0.2) is 0 Å². The van der Waals surface area contributed by atoms with E-state index in [1.54, 1.807) is 30.3 Å². The number of aromatic hydroxyl groups is 1. The van der Waals surface area contributed by atoms with Gasteiger partial charge in [-0.25, -0.2) is 0 Å². The van der Waals surface area contributed by atoms with Crippen LogP contribution < -0.4 is 5.32 Å². The van der Waals surface area contributed by atoms with Gasteiger partial charge in [-0.15, -0.1) is 0 Å². The molecule has 0 saturated heterocycles. The van der Waals surface area contributed by atoms with Gasteiger partial charge in [0.25, 0.3) is 11.8 Å². The van der Waals surface area contributed by atoms with Crippen molar-refractivity contribution in [2.45, 2.75) is 0 Å². The minimum atomic E-state index is -0.463. The fraction of sp³-hybridized carbons (Fsp3) is 0.125. The Balaban J connectivity index is 1.93. The van der Waals surface area contributed by atoms with Crippen molar-refractivity contribution >= 4 is 28.3 Å². The van der Waals surface area contributed by atoms with Crippen LogP contribution in [0.1, 0.15) is 0 Å². The van der Waals surface area contributed by atoms with E-state index in [9.17, 15) is 14.7 Å². The Kier molecular flexibility index (Phi) is 3.52. The van der Waals surface area contributed by atoms with Gasteiger partial charge in [0.1, 0.15) is 11.4 Å². The Morgan fingerprint density at radius 2 is 1.95 bits per heavy atom. The molecule has 0 bridgehead atoms. The van der Waals surface area contributed by atoms with Gasteiger partial charge in [-0.2, -0.15) is 0 Å². The van der Waals surface area contributed by atoms with Gasteiger partial charge >= 0.3 is 0 Å². The predicted molar refractivity (Wildman–Crippen MR) is 81.1 cm³/mol. The van der Waals surface area contributed by atoms with Gasteiger partial charge < -0.3 is 15.5 Å². The molecule has 112 valence electrons. The zero-order chi connectivity index (χ0) is 15.7. The molecule has 1 aliphatic rings. The van der Waals surface area contributed by atoms with E-state index in [-0.39, 0.29) is 24.6 Å². The Morgan fingerprint density at radius 3 is 2.73 bits per heavy atom. The van der Waals surface area contributed by atoms with Crippen molar-refractivity contribution in [1.82, 2.24) is 4.90 Å². The van der Waals surface area contributed by atoms with E-state index < -0.39 is 11.8 Å². The zero-order valence-corrected chi connectivity index (χ0v) is 11.6. The largest absolute Gasteiger partial charge is 0.508 e. The summed E-state index contributed by atoms with van der Waals surface area (Å²) in [6, 6.07) is 10.3. The number of aliphatic hydroxyl groups is 1. The third kappa shape index (κ3) is 2.40. The minimum Gasteiger partial charge on any atom is -0.508 e. The summed E-state index contributed by atoms with van der Waals surface area (Å²) >= 11 is 0. The Labute approximate surface area is 126 Å². The van der Waals surface area contributed by atoms with Gasteiger partial charge in [0.2, 0.25) is 0 Å². The van der Waals surface area contributed by atoms with Crippen LogP contribution in [-0.2, 0) is 9.59 Å². The van der Waals surface area contributed by atoms with Gasteiger partial charge in [-0.1, -0.05) is 12.1 Å². The van der Waals surface area contributed by atoms with Crippen molar-refractivity contribution in [1.29, 1.82) is 0 Å². The molecule has 0 spiro atoms. The highest BCUT2D eigenvalue weighted by Crippen LogP contribution is 2.28. The van der Waals surface area contributed by atoms with Crippen LogP contribution in [0.25, 0.3) is 10.8 Å². The monoisotopic (exact) mass is 298 g/mol. The van der Waals surface area contributed by atoms with E-state index in [0.717, 1.165) is 15.7 Å². The van der Waals surface area contributed by atoms with Gasteiger partial charge in [0, 0.05) is 17.1 Å². The number of imide groups is 1. The summed E-state index contributed by atoms with van der Waals surface area (Å²) in [6.07, 6.45) is 1.22. The number of phenols is 1. The second kappa shape index (κ2) is 5.50. The number of benzene rings is 2. The molecule has 2 aromatic carbocycles. The van der Waals surface area contributed by atoms with Crippen molar-refractivity contribution < 1.29 is 19.8 Å². The highest BCUT2D eigenvalue weighted by atomic mass is 16.3. The molecular weight excluding hydrogens is 284 g/mol. The molecule has 6 heteroatoms. The van der Waals surface area contributed by atoms with Crippen molar-refractivity contribution in [3.63, 3.8) is 0 Å². The third-order valence-electron chi connectivity index (χ3n) is 3.47. The summed E-state index contributed by atoms with van der Waals surface area (Å²) in [6.45, 7) is -0.297. The van der Waals surface area contributed by atoms with Crippen LogP contribution in [0.4, 0.5) is 5.69 Å². The molecule has 22 heavy (non-hydrogen) atoms. The quantitative estimate of drug-likeness (QED) is 0.738. The maximum Gasteiger partial charge on any atom is 0.277 e. The molecule has 0 fully saturated rings. The van der Waals surface area contributed by atoms with E-state index in [1.165, 1.54) is 6.08 Å². The molecule has 3 rings (SSSR count). The van der Waals surface area contributed by atoms with Gasteiger partial charge in [0.05, 0.1) is 13.2 Å². The lowest BCUT2D eigenvalue weighted by atomic mass is 10.1. The molecule has 0 atom stereocenters. The van der Waals surface area contributed by atoms with Gasteiger partial charge in [-0.05, 0) is 29.7 Å². The maximum absolute atomic E-state index is 12.1. The molecule has 1 aliphatic heterocycles. The second-order valence-corrected chi connectivity index (χ2v) is 4.91. The molecule has 0 unspecified atom stereocenters. The number of nitrogens with zero attached hydrogens (tertiary/aromatic N) is 1. The summed E-state index contributed by atoms with van der Waals surface area (Å²) in [5.74, 6) is -0.751. The molecule has 0 saturated carbocycles. The number of hydrogen-bond donors (Lipinski definition) is 3. The number of aliphatic hydroxyl groups excluding tert-OH is 1. The minimum absolute atomic E-state index is 0.0250. The van der Waals surface area contributed by atoms with E-state index in [2.05, 4.69) is 5.32 Å². The summed E-state index contributed by atoms with van der Waals surface area (Å²) in [5.41, 5.74) is 0.828. The number of hydrogen-bond acceptors (Lipinski definition) is 5. The Morgan fingerprint density at radius 1 is 1.14 bits per heavy atom. The summed E-state index contributed by atoms with van der Waals surface area (Å²) < 4.78 is 0. The molecule has 0 radical (unpaired) electrons. The number of carbonyl (C=O) groups is 2. The standard InChI is InChI=1S/C16H14N2O4/c19-7-6-18-15(21)9-14(16(18)22)17-13-3-1-2-10-8-11(20)4-5-12(10)13/h1-5,8-9,17,19-20H,6-7H2. The number of β-amino-alcohol motifs (C(OH)–C–C–N with tert-alkyl or cyclic N) is 1. The van der Waals surface area contributed by atoms with Crippen LogP contribution in [0, 0.1) is 0 Å². The number of fused-ring (bicyclic) bond motifs is 1. The first kappa shape index (κ1) is 14.1. The number of rotatable bonds is 4. The third-order valence-corrected chi connectivity index (χ3v) is 3.47. The van der Waals surface area contributed by atoms with E-state index in [4.69, 9.17) is 5.11 Å². The van der Waals surface area contributed by atoms with Crippen molar-refractivity contribution in [2.24, 2.45) is 0 Å². The van der Waals surface area contributed by atoms with E-state index in [0.29, 0.717) is 5.69 Å². The number of carbonyl (C=O) groups excluding carboxylic acids is 2. The average Bonchev–Trinajstić information content (AvgIpc) is 2.75. The molecule has 3 N–H and O–H groups in total. The molecule has 2 amide bonds. The number of phenolic OH excluding ortho intramolecular Hbond substituents is 1. The molecule has 0 aromatic heterocycles. The smallest absolute Gasteiger partial charge is 0.277 e. The lowest BCUT2D eigenvalue weighted by Crippen LogP contribution is -2.34. The normalized spacial score (nSPS) is 14.6. The topological polar surface area (TPSA) is 89.9 Å². The zero-order valence-electron chi connectivity index (χ0n) is 11.6. The van der Waals surface area contributed by atoms with Crippen LogP contribution in [0.2, 0.25) is 0 Å². The fourth-order valence-electron chi connectivity index (χ4n) is 2.44. The van der Waals surface area contributed by atoms with Crippen molar-refractivity contribution in [3.8, 4) is 5.75 Å². The molecule has 1 heterocycles. The number of amides is 2. The maximum atomic E-state index is 12.1. The molecule has 0 aliphatic carbocycles. The average molecular weight is 298 g/mol. The van der Waals surface area contributed by atoms with Gasteiger partial charge in [-0.3, -0.25) is 14.5 Å². The first-order chi connectivity index (χ1) is 10.6. The highest BCUT2D eigenvalue weighted by molar-refractivity contribution is 6.18. The number of anilines is 1. The SMILES string of the molecule is O=C1C=C(Nc2cccc3cc(O)ccc23)C(=O)N1CCO. The first-order valence-electron chi connectivity index (χ1n) is 6.77. The highest BCUT2D eigenvalue weighted by Gasteiger charge is 2.30.